The molecular weight excluding hydrogens is 154 g/mol. The Kier molecular flexibility index (Phi) is 3.22. The first-order chi connectivity index (χ1) is 5.74. The zero-order valence-electron chi connectivity index (χ0n) is 6.81. The molecule has 0 amide bonds. The number of hydrogen-bond acceptors (Lipinski definition) is 3. The van der Waals surface area contributed by atoms with Gasteiger partial charge in [-0.05, 0) is 5.57 Å². The third kappa shape index (κ3) is 2.30. The van der Waals surface area contributed by atoms with Crippen molar-refractivity contribution in [3.63, 3.8) is 0 Å². The Bertz CT molecular complexity index is 221. The van der Waals surface area contributed by atoms with Crippen LogP contribution in [0.2, 0.25) is 0 Å². The van der Waals surface area contributed by atoms with E-state index >= 15 is 0 Å². The summed E-state index contributed by atoms with van der Waals surface area (Å²) in [5.41, 5.74) is 6.24. The van der Waals surface area contributed by atoms with Crippen molar-refractivity contribution < 1.29 is 9.84 Å². The summed E-state index contributed by atoms with van der Waals surface area (Å²) >= 11 is 0. The minimum absolute atomic E-state index is 0.179. The van der Waals surface area contributed by atoms with Crippen LogP contribution in [0.5, 0.6) is 0 Å². The Morgan fingerprint density at radius 3 is 3.00 bits per heavy atom. The van der Waals surface area contributed by atoms with Crippen molar-refractivity contribution in [2.75, 3.05) is 6.61 Å². The molecule has 66 valence electrons. The van der Waals surface area contributed by atoms with E-state index in [1.807, 2.05) is 24.3 Å². The van der Waals surface area contributed by atoms with Gasteiger partial charge in [-0.3, -0.25) is 0 Å². The van der Waals surface area contributed by atoms with E-state index in [4.69, 9.17) is 15.6 Å². The molecule has 1 rings (SSSR count). The molecule has 0 heterocycles. The van der Waals surface area contributed by atoms with Gasteiger partial charge in [0, 0.05) is 0 Å². The van der Waals surface area contributed by atoms with Crippen molar-refractivity contribution in [1.29, 1.82) is 0 Å². The van der Waals surface area contributed by atoms with Crippen LogP contribution in [-0.4, -0.2) is 24.0 Å². The second-order valence-corrected chi connectivity index (χ2v) is 2.60. The molecule has 12 heavy (non-hydrogen) atoms. The predicted octanol–water partition coefficient (Wildman–Crippen LogP) is 0.331. The maximum Gasteiger partial charge on any atom is 0.130 e. The fourth-order valence-electron chi connectivity index (χ4n) is 0.927. The molecule has 0 aromatic heterocycles. The second-order valence-electron chi connectivity index (χ2n) is 2.60. The quantitative estimate of drug-likeness (QED) is 0.595. The summed E-state index contributed by atoms with van der Waals surface area (Å²) in [6.07, 6.45) is 6.61. The van der Waals surface area contributed by atoms with E-state index in [-0.39, 0.29) is 12.7 Å². The largest absolute Gasteiger partial charge is 0.392 e. The van der Waals surface area contributed by atoms with Crippen molar-refractivity contribution in [2.45, 2.75) is 12.3 Å². The molecule has 0 aliphatic heterocycles. The van der Waals surface area contributed by atoms with Gasteiger partial charge in [-0.15, -0.1) is 0 Å². The van der Waals surface area contributed by atoms with Gasteiger partial charge < -0.3 is 15.6 Å². The Labute approximate surface area is 71.8 Å². The van der Waals surface area contributed by atoms with Gasteiger partial charge in [0.15, 0.2) is 0 Å². The van der Waals surface area contributed by atoms with Gasteiger partial charge in [0.2, 0.25) is 0 Å². The summed E-state index contributed by atoms with van der Waals surface area (Å²) in [5, 5.41) is 8.63. The van der Waals surface area contributed by atoms with E-state index in [9.17, 15) is 0 Å². The topological polar surface area (TPSA) is 55.5 Å². The maximum absolute atomic E-state index is 8.63. The molecule has 0 saturated heterocycles. The molecule has 1 aliphatic carbocycles. The molecule has 0 spiro atoms. The first-order valence-corrected chi connectivity index (χ1v) is 3.79. The molecule has 2 atom stereocenters. The summed E-state index contributed by atoms with van der Waals surface area (Å²) in [6.45, 7) is 3.60. The van der Waals surface area contributed by atoms with E-state index in [0.29, 0.717) is 0 Å². The van der Waals surface area contributed by atoms with Crippen LogP contribution in [0.4, 0.5) is 0 Å². The minimum atomic E-state index is -0.636. The van der Waals surface area contributed by atoms with Crippen molar-refractivity contribution in [3.05, 3.63) is 36.5 Å². The lowest BCUT2D eigenvalue weighted by atomic mass is 10.1. The maximum atomic E-state index is 8.63. The highest BCUT2D eigenvalue weighted by molar-refractivity contribution is 5.32. The fourth-order valence-corrected chi connectivity index (χ4v) is 0.927. The Morgan fingerprint density at radius 2 is 2.42 bits per heavy atom. The van der Waals surface area contributed by atoms with Crippen LogP contribution < -0.4 is 5.73 Å². The Balaban J connectivity index is 2.47. The summed E-state index contributed by atoms with van der Waals surface area (Å²) in [5.74, 6) is 0. The number of rotatable bonds is 3. The highest BCUT2D eigenvalue weighted by Gasteiger charge is 2.12. The molecule has 0 saturated carbocycles. The van der Waals surface area contributed by atoms with Crippen LogP contribution in [0.25, 0.3) is 0 Å². The van der Waals surface area contributed by atoms with Crippen LogP contribution in [0, 0.1) is 0 Å². The van der Waals surface area contributed by atoms with Crippen LogP contribution in [0.1, 0.15) is 0 Å². The number of nitrogens with two attached hydrogens (primary N) is 1. The highest BCUT2D eigenvalue weighted by atomic mass is 16.5. The van der Waals surface area contributed by atoms with E-state index in [1.165, 1.54) is 0 Å². The van der Waals surface area contributed by atoms with E-state index in [1.54, 1.807) is 0 Å². The molecule has 3 heteroatoms. The summed E-state index contributed by atoms with van der Waals surface area (Å²) < 4.78 is 5.24. The zero-order valence-corrected chi connectivity index (χ0v) is 6.81. The van der Waals surface area contributed by atoms with Crippen LogP contribution in [0.3, 0.4) is 0 Å². The molecular formula is C9H13NO2. The number of allylic oxidation sites excluding steroid dienone is 2. The van der Waals surface area contributed by atoms with E-state index < -0.39 is 6.23 Å². The van der Waals surface area contributed by atoms with Crippen molar-refractivity contribution in [2.24, 2.45) is 5.73 Å². The number of aliphatic hydroxyl groups is 1. The summed E-state index contributed by atoms with van der Waals surface area (Å²) in [4.78, 5) is 0. The smallest absolute Gasteiger partial charge is 0.130 e. The number of ether oxygens (including phenoxy) is 1. The average molecular weight is 167 g/mol. The molecule has 0 fully saturated rings. The monoisotopic (exact) mass is 167 g/mol. The molecule has 0 aromatic rings. The van der Waals surface area contributed by atoms with Crippen LogP contribution in [-0.2, 0) is 4.74 Å². The molecule has 3 N–H and O–H groups in total. The molecule has 0 aromatic carbocycles. The standard InChI is InChI=1S/C9H13NO2/c1-7-4-2-3-5-8(7)12-9(10)6-11/h2-5,8-9,11H,1,6,10H2. The Morgan fingerprint density at radius 1 is 1.67 bits per heavy atom. The predicted molar refractivity (Wildman–Crippen MR) is 47.4 cm³/mol. The normalized spacial score (nSPS) is 24.5. The Hall–Kier alpha value is -0.900. The minimum Gasteiger partial charge on any atom is -0.392 e. The van der Waals surface area contributed by atoms with Gasteiger partial charge >= 0.3 is 0 Å². The van der Waals surface area contributed by atoms with Gasteiger partial charge in [0.05, 0.1) is 6.61 Å². The highest BCUT2D eigenvalue weighted by Crippen LogP contribution is 2.13. The summed E-state index contributed by atoms with van der Waals surface area (Å²) in [7, 11) is 0. The van der Waals surface area contributed by atoms with Crippen LogP contribution >= 0.6 is 0 Å². The van der Waals surface area contributed by atoms with Crippen molar-refractivity contribution in [1.82, 2.24) is 0 Å². The lowest BCUT2D eigenvalue weighted by molar-refractivity contribution is 0.000754. The lowest BCUT2D eigenvalue weighted by Gasteiger charge is -2.20. The average Bonchev–Trinajstić information content (AvgIpc) is 2.09. The lowest BCUT2D eigenvalue weighted by Crippen LogP contribution is -2.32. The number of aliphatic hydroxyl groups excluding tert-OH is 1. The van der Waals surface area contributed by atoms with Crippen molar-refractivity contribution in [3.8, 4) is 0 Å². The SMILES string of the molecule is C=C1C=CC=CC1OC(N)CO. The van der Waals surface area contributed by atoms with E-state index in [0.717, 1.165) is 5.57 Å². The van der Waals surface area contributed by atoms with E-state index in [2.05, 4.69) is 6.58 Å². The van der Waals surface area contributed by atoms with Gasteiger partial charge in [0.1, 0.15) is 12.3 Å². The van der Waals surface area contributed by atoms with Crippen molar-refractivity contribution >= 4 is 0 Å². The molecule has 2 unspecified atom stereocenters. The molecule has 0 bridgehead atoms. The number of hydrogen-bond donors (Lipinski definition) is 2. The first kappa shape index (κ1) is 9.19. The second kappa shape index (κ2) is 4.21. The summed E-state index contributed by atoms with van der Waals surface area (Å²) in [6, 6.07) is 0. The molecule has 1 aliphatic rings. The third-order valence-electron chi connectivity index (χ3n) is 1.57. The third-order valence-corrected chi connectivity index (χ3v) is 1.57. The first-order valence-electron chi connectivity index (χ1n) is 3.79. The molecule has 3 nitrogen and oxygen atoms in total. The van der Waals surface area contributed by atoms with Gasteiger partial charge in [-0.2, -0.15) is 0 Å². The van der Waals surface area contributed by atoms with Crippen LogP contribution in [0.15, 0.2) is 36.5 Å². The molecule has 0 radical (unpaired) electrons. The zero-order chi connectivity index (χ0) is 8.97. The fraction of sp³-hybridized carbons (Fsp3) is 0.333. The van der Waals surface area contributed by atoms with Gasteiger partial charge in [-0.25, -0.2) is 0 Å². The van der Waals surface area contributed by atoms with Gasteiger partial charge in [0.25, 0.3) is 0 Å². The van der Waals surface area contributed by atoms with Gasteiger partial charge in [-0.1, -0.05) is 30.9 Å².